The van der Waals surface area contributed by atoms with E-state index in [-0.39, 0.29) is 10.6 Å². The number of azo groups is 2. The summed E-state index contributed by atoms with van der Waals surface area (Å²) in [5.41, 5.74) is 1.97. The van der Waals surface area contributed by atoms with E-state index in [1.54, 1.807) is 30.3 Å². The molecule has 0 saturated carbocycles. The second kappa shape index (κ2) is 8.42. The van der Waals surface area contributed by atoms with Gasteiger partial charge in [0.15, 0.2) is 0 Å². The van der Waals surface area contributed by atoms with Crippen molar-refractivity contribution in [3.05, 3.63) is 84.9 Å². The molecule has 0 spiro atoms. The molecule has 4 rings (SSSR count). The van der Waals surface area contributed by atoms with Crippen LogP contribution in [0.3, 0.4) is 0 Å². The predicted octanol–water partition coefficient (Wildman–Crippen LogP) is 6.62. The monoisotopic (exact) mass is 432 g/mol. The number of phenolic OH excluding ortho intramolecular Hbond substituents is 1. The van der Waals surface area contributed by atoms with Gasteiger partial charge in [0.1, 0.15) is 11.4 Å². The normalized spacial score (nSPS) is 12.2. The summed E-state index contributed by atoms with van der Waals surface area (Å²) < 4.78 is 31.1. The van der Waals surface area contributed by atoms with Crippen LogP contribution in [0.2, 0.25) is 0 Å². The van der Waals surface area contributed by atoms with E-state index in [4.69, 9.17) is 4.55 Å². The van der Waals surface area contributed by atoms with E-state index in [9.17, 15) is 13.5 Å². The topological polar surface area (TPSA) is 124 Å². The van der Waals surface area contributed by atoms with Crippen LogP contribution in [0, 0.1) is 0 Å². The maximum atomic E-state index is 11.1. The minimum absolute atomic E-state index is 0.0490. The van der Waals surface area contributed by atoms with Gasteiger partial charge < -0.3 is 5.11 Å². The third-order valence-corrected chi connectivity index (χ3v) is 5.28. The van der Waals surface area contributed by atoms with E-state index >= 15 is 0 Å². The minimum Gasteiger partial charge on any atom is -0.506 e. The van der Waals surface area contributed by atoms with Gasteiger partial charge in [-0.05, 0) is 60.0 Å². The van der Waals surface area contributed by atoms with Crippen molar-refractivity contribution >= 4 is 43.6 Å². The molecule has 0 atom stereocenters. The fourth-order valence-electron chi connectivity index (χ4n) is 2.84. The number of fused-ring (bicyclic) bond motifs is 1. The molecule has 0 bridgehead atoms. The van der Waals surface area contributed by atoms with Gasteiger partial charge >= 0.3 is 0 Å². The van der Waals surface area contributed by atoms with E-state index in [0.717, 1.165) is 10.8 Å². The van der Waals surface area contributed by atoms with Crippen LogP contribution >= 0.6 is 0 Å². The Morgan fingerprint density at radius 3 is 1.71 bits per heavy atom. The molecule has 0 fully saturated rings. The van der Waals surface area contributed by atoms with Crippen LogP contribution in [0.15, 0.2) is 110 Å². The van der Waals surface area contributed by atoms with Crippen LogP contribution in [-0.4, -0.2) is 18.1 Å². The second-order valence-corrected chi connectivity index (χ2v) is 7.96. The highest BCUT2D eigenvalue weighted by atomic mass is 32.2. The highest BCUT2D eigenvalue weighted by Gasteiger charge is 2.08. The SMILES string of the molecule is O=S(=O)(O)c1ccc(/N=N/c2ccc(/N=N/c3c(O)ccc4ccccc34)cc2)cc1. The lowest BCUT2D eigenvalue weighted by Gasteiger charge is -2.03. The number of phenols is 1. The van der Waals surface area contributed by atoms with Gasteiger partial charge in [-0.3, -0.25) is 4.55 Å². The first-order chi connectivity index (χ1) is 14.9. The molecular formula is C22H16N4O4S. The van der Waals surface area contributed by atoms with Crippen LogP contribution in [0.4, 0.5) is 22.7 Å². The van der Waals surface area contributed by atoms with Gasteiger partial charge in [0.25, 0.3) is 10.1 Å². The van der Waals surface area contributed by atoms with Gasteiger partial charge in [-0.15, -0.1) is 5.11 Å². The maximum absolute atomic E-state index is 11.1. The summed E-state index contributed by atoms with van der Waals surface area (Å²) in [6.07, 6.45) is 0. The van der Waals surface area contributed by atoms with Gasteiger partial charge in [-0.2, -0.15) is 23.8 Å². The van der Waals surface area contributed by atoms with Crippen molar-refractivity contribution in [1.82, 2.24) is 0 Å². The molecule has 154 valence electrons. The van der Waals surface area contributed by atoms with Crippen LogP contribution in [0.5, 0.6) is 5.75 Å². The van der Waals surface area contributed by atoms with E-state index < -0.39 is 10.1 Å². The molecule has 0 aliphatic heterocycles. The zero-order chi connectivity index (χ0) is 21.8. The van der Waals surface area contributed by atoms with E-state index in [2.05, 4.69) is 20.5 Å². The Balaban J connectivity index is 1.50. The third kappa shape index (κ3) is 4.80. The standard InChI is InChI=1S/C22H16N4O4S/c27-21-14-5-15-3-1-2-4-20(15)22(21)26-25-17-8-6-16(7-9-17)23-24-18-10-12-19(13-11-18)31(28,29)30/h1-14,27H,(H,28,29,30)/b24-23+,26-25+. The Labute approximate surface area is 178 Å². The summed E-state index contributed by atoms with van der Waals surface area (Å²) in [6, 6.07) is 23.2. The van der Waals surface area contributed by atoms with Crippen molar-refractivity contribution in [2.45, 2.75) is 4.90 Å². The number of aromatic hydroxyl groups is 1. The van der Waals surface area contributed by atoms with Crippen molar-refractivity contribution in [1.29, 1.82) is 0 Å². The van der Waals surface area contributed by atoms with Gasteiger partial charge in [0, 0.05) is 5.39 Å². The summed E-state index contributed by atoms with van der Waals surface area (Å²) in [4.78, 5) is -0.210. The molecule has 0 unspecified atom stereocenters. The molecule has 0 radical (unpaired) electrons. The first-order valence-electron chi connectivity index (χ1n) is 9.12. The molecule has 0 heterocycles. The lowest BCUT2D eigenvalue weighted by molar-refractivity contribution is 0.477. The quantitative estimate of drug-likeness (QED) is 0.271. The summed E-state index contributed by atoms with van der Waals surface area (Å²) in [7, 11) is -4.24. The number of benzene rings is 4. The predicted molar refractivity (Wildman–Crippen MR) is 117 cm³/mol. The Hall–Kier alpha value is -3.95. The lowest BCUT2D eigenvalue weighted by Crippen LogP contribution is -1.96. The molecule has 0 aliphatic carbocycles. The number of hydrogen-bond acceptors (Lipinski definition) is 7. The van der Waals surface area contributed by atoms with Crippen molar-refractivity contribution in [3.8, 4) is 5.75 Å². The second-order valence-electron chi connectivity index (χ2n) is 6.54. The average molecular weight is 432 g/mol. The van der Waals surface area contributed by atoms with Crippen LogP contribution in [0.25, 0.3) is 10.8 Å². The first-order valence-corrected chi connectivity index (χ1v) is 10.6. The van der Waals surface area contributed by atoms with Gasteiger partial charge in [-0.25, -0.2) is 0 Å². The molecule has 2 N–H and O–H groups in total. The molecule has 31 heavy (non-hydrogen) atoms. The Kier molecular flexibility index (Phi) is 5.52. The van der Waals surface area contributed by atoms with Crippen LogP contribution in [0.1, 0.15) is 0 Å². The molecule has 8 nitrogen and oxygen atoms in total. The smallest absolute Gasteiger partial charge is 0.294 e. The first kappa shape index (κ1) is 20.3. The van der Waals surface area contributed by atoms with Crippen LogP contribution < -0.4 is 0 Å². The summed E-state index contributed by atoms with van der Waals surface area (Å²) in [6.45, 7) is 0. The molecule has 0 amide bonds. The van der Waals surface area contributed by atoms with Gasteiger partial charge in [-0.1, -0.05) is 30.3 Å². The summed E-state index contributed by atoms with van der Waals surface area (Å²) in [5, 5.41) is 28.4. The molecule has 9 heteroatoms. The summed E-state index contributed by atoms with van der Waals surface area (Å²) in [5.74, 6) is 0.0490. The molecule has 4 aromatic carbocycles. The molecule has 0 saturated heterocycles. The summed E-state index contributed by atoms with van der Waals surface area (Å²) >= 11 is 0. The van der Waals surface area contributed by atoms with Gasteiger partial charge in [0.2, 0.25) is 0 Å². The Bertz CT molecular complexity index is 1400. The highest BCUT2D eigenvalue weighted by molar-refractivity contribution is 7.85. The van der Waals surface area contributed by atoms with Crippen molar-refractivity contribution in [2.24, 2.45) is 20.5 Å². The molecular weight excluding hydrogens is 416 g/mol. The lowest BCUT2D eigenvalue weighted by atomic mass is 10.1. The van der Waals surface area contributed by atoms with Crippen molar-refractivity contribution in [2.75, 3.05) is 0 Å². The van der Waals surface area contributed by atoms with E-state index in [1.807, 2.05) is 30.3 Å². The fourth-order valence-corrected chi connectivity index (χ4v) is 3.32. The number of hydrogen-bond donors (Lipinski definition) is 2. The fraction of sp³-hybridized carbons (Fsp3) is 0. The zero-order valence-corrected chi connectivity index (χ0v) is 16.8. The maximum Gasteiger partial charge on any atom is 0.294 e. The number of rotatable bonds is 5. The largest absolute Gasteiger partial charge is 0.506 e. The van der Waals surface area contributed by atoms with Crippen molar-refractivity contribution < 1.29 is 18.1 Å². The molecule has 4 aromatic rings. The van der Waals surface area contributed by atoms with Gasteiger partial charge in [0.05, 0.1) is 22.0 Å². The third-order valence-electron chi connectivity index (χ3n) is 4.41. The Morgan fingerprint density at radius 1 is 0.613 bits per heavy atom. The Morgan fingerprint density at radius 2 is 1.13 bits per heavy atom. The average Bonchev–Trinajstić information content (AvgIpc) is 2.77. The van der Waals surface area contributed by atoms with E-state index in [0.29, 0.717) is 22.7 Å². The van der Waals surface area contributed by atoms with Crippen molar-refractivity contribution in [3.63, 3.8) is 0 Å². The van der Waals surface area contributed by atoms with E-state index in [1.165, 1.54) is 24.3 Å². The molecule has 0 aliphatic rings. The highest BCUT2D eigenvalue weighted by Crippen LogP contribution is 2.36. The van der Waals surface area contributed by atoms with Crippen LogP contribution in [-0.2, 0) is 10.1 Å². The number of nitrogens with zero attached hydrogens (tertiary/aromatic N) is 4. The zero-order valence-electron chi connectivity index (χ0n) is 16.0. The minimum atomic E-state index is -4.24. The molecule has 0 aromatic heterocycles.